The maximum atomic E-state index is 12.7. The lowest BCUT2D eigenvalue weighted by Crippen LogP contribution is -2.41. The number of rotatable bonds is 5. The van der Waals surface area contributed by atoms with Crippen LogP contribution in [-0.4, -0.2) is 24.4 Å². The third-order valence-electron chi connectivity index (χ3n) is 4.93. The summed E-state index contributed by atoms with van der Waals surface area (Å²) in [4.78, 5) is 26.3. The molecule has 0 spiro atoms. The predicted molar refractivity (Wildman–Crippen MR) is 132 cm³/mol. The minimum atomic E-state index is -0.283. The zero-order chi connectivity index (χ0) is 22.3. The molecule has 0 fully saturated rings. The van der Waals surface area contributed by atoms with Crippen LogP contribution in [0.15, 0.2) is 36.4 Å². The van der Waals surface area contributed by atoms with Gasteiger partial charge in [-0.15, -0.1) is 22.7 Å². The van der Waals surface area contributed by atoms with Crippen LogP contribution >= 0.6 is 45.9 Å². The van der Waals surface area contributed by atoms with E-state index in [4.69, 9.17) is 23.2 Å². The molecule has 8 heteroatoms. The van der Waals surface area contributed by atoms with Gasteiger partial charge in [-0.1, -0.05) is 47.5 Å². The molecule has 0 aliphatic heterocycles. The molecule has 2 aromatic heterocycles. The Bertz CT molecular complexity index is 1330. The van der Waals surface area contributed by atoms with Gasteiger partial charge in [0.15, 0.2) is 0 Å². The Labute approximate surface area is 198 Å². The molecule has 0 bridgehead atoms. The Morgan fingerprint density at radius 3 is 1.87 bits per heavy atom. The van der Waals surface area contributed by atoms with Gasteiger partial charge in [-0.2, -0.15) is 0 Å². The lowest BCUT2D eigenvalue weighted by molar-refractivity contribution is 0.0916. The van der Waals surface area contributed by atoms with Crippen molar-refractivity contribution in [2.45, 2.75) is 26.8 Å². The molecular formula is C23H20Cl2N2O2S2. The number of carbonyl (C=O) groups excluding carboxylic acids is 2. The van der Waals surface area contributed by atoms with Crippen molar-refractivity contribution in [1.82, 2.24) is 10.6 Å². The minimum absolute atomic E-state index is 0.249. The second kappa shape index (κ2) is 8.79. The smallest absolute Gasteiger partial charge is 0.263 e. The van der Waals surface area contributed by atoms with Crippen molar-refractivity contribution in [2.24, 2.45) is 0 Å². The molecule has 2 amide bonds. The van der Waals surface area contributed by atoms with Crippen molar-refractivity contribution in [3.05, 3.63) is 67.3 Å². The summed E-state index contributed by atoms with van der Waals surface area (Å²) >= 11 is 15.6. The number of halogens is 2. The Balaban J connectivity index is 1.42. The van der Waals surface area contributed by atoms with Crippen molar-refractivity contribution in [3.8, 4) is 0 Å². The summed E-state index contributed by atoms with van der Waals surface area (Å²) in [5, 5.41) is 8.44. The van der Waals surface area contributed by atoms with Crippen LogP contribution in [0.25, 0.3) is 20.2 Å². The Morgan fingerprint density at radius 1 is 0.871 bits per heavy atom. The van der Waals surface area contributed by atoms with E-state index >= 15 is 0 Å². The van der Waals surface area contributed by atoms with Crippen LogP contribution in [0, 0.1) is 13.8 Å². The van der Waals surface area contributed by atoms with Gasteiger partial charge in [-0.05, 0) is 44.0 Å². The molecule has 0 aliphatic carbocycles. The fourth-order valence-electron chi connectivity index (χ4n) is 3.30. The van der Waals surface area contributed by atoms with Crippen molar-refractivity contribution < 1.29 is 9.59 Å². The zero-order valence-corrected chi connectivity index (χ0v) is 20.3. The molecule has 1 atom stereocenters. The standard InChI is InChI=1S/C23H20Cl2N2O2S2/c1-11-4-6-14-16(8-11)30-20(18(14)24)22(28)26-10-13(3)27-23(29)21-19(25)15-7-5-12(2)9-17(15)31-21/h4-9,13H,10H2,1-3H3,(H,26,28)(H,27,29). The summed E-state index contributed by atoms with van der Waals surface area (Å²) < 4.78 is 1.96. The average Bonchev–Trinajstić information content (AvgIpc) is 3.22. The van der Waals surface area contributed by atoms with Crippen LogP contribution in [-0.2, 0) is 0 Å². The largest absolute Gasteiger partial charge is 0.349 e. The van der Waals surface area contributed by atoms with Gasteiger partial charge in [0.25, 0.3) is 11.8 Å². The lowest BCUT2D eigenvalue weighted by Gasteiger charge is -2.14. The van der Waals surface area contributed by atoms with E-state index in [9.17, 15) is 9.59 Å². The number of carbonyl (C=O) groups is 2. The predicted octanol–water partition coefficient (Wildman–Crippen LogP) is 6.59. The maximum absolute atomic E-state index is 12.7. The van der Waals surface area contributed by atoms with Crippen molar-refractivity contribution >= 4 is 77.9 Å². The van der Waals surface area contributed by atoms with Gasteiger partial charge in [0.1, 0.15) is 9.75 Å². The summed E-state index contributed by atoms with van der Waals surface area (Å²) in [6.07, 6.45) is 0. The van der Waals surface area contributed by atoms with Crippen LogP contribution in [0.1, 0.15) is 37.4 Å². The molecule has 2 heterocycles. The van der Waals surface area contributed by atoms with Crippen LogP contribution in [0.4, 0.5) is 0 Å². The topological polar surface area (TPSA) is 58.2 Å². The van der Waals surface area contributed by atoms with E-state index in [1.54, 1.807) is 0 Å². The van der Waals surface area contributed by atoms with E-state index in [2.05, 4.69) is 10.6 Å². The fourth-order valence-corrected chi connectivity index (χ4v) is 6.35. The Morgan fingerprint density at radius 2 is 1.35 bits per heavy atom. The van der Waals surface area contributed by atoms with Crippen LogP contribution in [0.5, 0.6) is 0 Å². The SMILES string of the molecule is Cc1ccc2c(Cl)c(C(=O)NCC(C)NC(=O)c3sc4cc(C)ccc4c3Cl)sc2c1. The molecule has 0 saturated carbocycles. The zero-order valence-electron chi connectivity index (χ0n) is 17.1. The van der Waals surface area contributed by atoms with Crippen LogP contribution in [0.3, 0.4) is 0 Å². The number of amides is 2. The average molecular weight is 491 g/mol. The number of fused-ring (bicyclic) bond motifs is 2. The van der Waals surface area contributed by atoms with Gasteiger partial charge in [0.05, 0.1) is 10.0 Å². The highest BCUT2D eigenvalue weighted by molar-refractivity contribution is 7.22. The third-order valence-corrected chi connectivity index (χ3v) is 8.24. The summed E-state index contributed by atoms with van der Waals surface area (Å²) in [5.41, 5.74) is 2.23. The monoisotopic (exact) mass is 490 g/mol. The van der Waals surface area contributed by atoms with Crippen molar-refractivity contribution in [2.75, 3.05) is 6.54 Å². The molecule has 4 aromatic rings. The molecule has 31 heavy (non-hydrogen) atoms. The molecule has 0 saturated heterocycles. The van der Waals surface area contributed by atoms with Gasteiger partial charge in [0, 0.05) is 32.8 Å². The summed E-state index contributed by atoms with van der Waals surface area (Å²) in [6, 6.07) is 11.6. The molecule has 0 aliphatic rings. The van der Waals surface area contributed by atoms with E-state index in [1.807, 2.05) is 57.2 Å². The van der Waals surface area contributed by atoms with Gasteiger partial charge in [-0.25, -0.2) is 0 Å². The molecule has 2 aromatic carbocycles. The highest BCUT2D eigenvalue weighted by Gasteiger charge is 2.21. The van der Waals surface area contributed by atoms with Crippen molar-refractivity contribution in [3.63, 3.8) is 0 Å². The van der Waals surface area contributed by atoms with E-state index in [-0.39, 0.29) is 24.4 Å². The first-order chi connectivity index (χ1) is 14.7. The number of nitrogens with one attached hydrogen (secondary N) is 2. The Kier molecular flexibility index (Phi) is 6.26. The van der Waals surface area contributed by atoms with Crippen LogP contribution < -0.4 is 10.6 Å². The number of benzene rings is 2. The van der Waals surface area contributed by atoms with E-state index in [0.717, 1.165) is 31.3 Å². The first-order valence-electron chi connectivity index (χ1n) is 9.71. The summed E-state index contributed by atoms with van der Waals surface area (Å²) in [5.74, 6) is -0.499. The minimum Gasteiger partial charge on any atom is -0.349 e. The molecule has 4 nitrogen and oxygen atoms in total. The molecule has 2 N–H and O–H groups in total. The second-order valence-electron chi connectivity index (χ2n) is 7.57. The highest BCUT2D eigenvalue weighted by Crippen LogP contribution is 2.36. The lowest BCUT2D eigenvalue weighted by atomic mass is 10.2. The van der Waals surface area contributed by atoms with E-state index < -0.39 is 0 Å². The highest BCUT2D eigenvalue weighted by atomic mass is 35.5. The first-order valence-corrected chi connectivity index (χ1v) is 12.1. The number of aryl methyl sites for hydroxylation is 2. The molecule has 1 unspecified atom stereocenters. The number of thiophene rings is 2. The molecular weight excluding hydrogens is 471 g/mol. The van der Waals surface area contributed by atoms with Gasteiger partial charge >= 0.3 is 0 Å². The Hall–Kier alpha value is -2.12. The fraction of sp³-hybridized carbons (Fsp3) is 0.217. The molecule has 0 radical (unpaired) electrons. The van der Waals surface area contributed by atoms with Crippen molar-refractivity contribution in [1.29, 1.82) is 0 Å². The van der Waals surface area contributed by atoms with Crippen LogP contribution in [0.2, 0.25) is 10.0 Å². The number of hydrogen-bond donors (Lipinski definition) is 2. The first kappa shape index (κ1) is 22.1. The quantitative estimate of drug-likeness (QED) is 0.331. The van der Waals surface area contributed by atoms with Gasteiger partial charge in [-0.3, -0.25) is 9.59 Å². The molecule has 4 rings (SSSR count). The second-order valence-corrected chi connectivity index (χ2v) is 10.4. The van der Waals surface area contributed by atoms with E-state index in [0.29, 0.717) is 19.8 Å². The molecule has 160 valence electrons. The number of hydrogen-bond acceptors (Lipinski definition) is 4. The summed E-state index contributed by atoms with van der Waals surface area (Å²) in [7, 11) is 0. The van der Waals surface area contributed by atoms with Gasteiger partial charge in [0.2, 0.25) is 0 Å². The van der Waals surface area contributed by atoms with E-state index in [1.165, 1.54) is 22.7 Å². The maximum Gasteiger partial charge on any atom is 0.263 e. The summed E-state index contributed by atoms with van der Waals surface area (Å²) in [6.45, 7) is 6.11. The van der Waals surface area contributed by atoms with Gasteiger partial charge < -0.3 is 10.6 Å². The normalized spacial score (nSPS) is 12.3. The third kappa shape index (κ3) is 4.44.